The van der Waals surface area contributed by atoms with Crippen molar-refractivity contribution in [2.45, 2.75) is 6.92 Å². The van der Waals surface area contributed by atoms with Crippen LogP contribution in [-0.2, 0) is 0 Å². The Bertz CT molecular complexity index is 2450. The number of rotatable bonds is 6. The van der Waals surface area contributed by atoms with Gasteiger partial charge in [-0.2, -0.15) is 0 Å². The van der Waals surface area contributed by atoms with E-state index in [1.54, 1.807) is 0 Å². The van der Waals surface area contributed by atoms with Crippen LogP contribution in [0.1, 0.15) is 18.1 Å². The number of hydrogen-bond acceptors (Lipinski definition) is 4. The Morgan fingerprint density at radius 3 is 1.51 bits per heavy atom. The Kier molecular flexibility index (Phi) is 7.43. The van der Waals surface area contributed by atoms with Gasteiger partial charge in [0.25, 0.3) is 0 Å². The van der Waals surface area contributed by atoms with E-state index < -0.39 is 0 Å². The van der Waals surface area contributed by atoms with E-state index in [1.807, 2.05) is 49.1 Å². The summed E-state index contributed by atoms with van der Waals surface area (Å²) < 4.78 is 0. The first-order valence-corrected chi connectivity index (χ1v) is 18.3. The second-order valence-electron chi connectivity index (χ2n) is 14.5. The standard InChI is InChI=1S/C49H36N4/c1-49-20-19-33-12-10-11-32-17-18-40(48(49)47(32)33)41(34-25-36(43-13-2-6-21-50-43)29-37(26-34)44-14-3-7-22-51-44)31-42(49)35-27-38(45-15-4-8-23-52-45)30-39(28-35)46-16-5-9-24-53-46/h2-32,47-48H,1H3. The Morgan fingerprint density at radius 1 is 0.528 bits per heavy atom. The van der Waals surface area contributed by atoms with Gasteiger partial charge in [0.1, 0.15) is 0 Å². The molecule has 0 bridgehead atoms. The van der Waals surface area contributed by atoms with Crippen LogP contribution in [0.2, 0.25) is 0 Å². The molecule has 4 unspecified atom stereocenters. The molecule has 0 saturated heterocycles. The summed E-state index contributed by atoms with van der Waals surface area (Å²) in [6, 6.07) is 38.2. The number of benzene rings is 2. The molecule has 4 aliphatic carbocycles. The average molecular weight is 681 g/mol. The lowest BCUT2D eigenvalue weighted by molar-refractivity contribution is 0.253. The van der Waals surface area contributed by atoms with Crippen molar-refractivity contribution in [3.63, 3.8) is 0 Å². The normalized spacial score (nSPS) is 22.2. The highest BCUT2D eigenvalue weighted by Crippen LogP contribution is 2.62. The fraction of sp³-hybridized carbons (Fsp3) is 0.102. The number of hydrogen-bond donors (Lipinski definition) is 0. The second-order valence-corrected chi connectivity index (χ2v) is 14.5. The lowest BCUT2D eigenvalue weighted by Gasteiger charge is -2.52. The molecule has 4 atom stereocenters. The topological polar surface area (TPSA) is 51.6 Å². The molecule has 0 fully saturated rings. The Hall–Kier alpha value is -6.52. The molecular formula is C49H36N4. The predicted molar refractivity (Wildman–Crippen MR) is 215 cm³/mol. The van der Waals surface area contributed by atoms with Crippen molar-refractivity contribution in [3.05, 3.63) is 205 Å². The zero-order valence-corrected chi connectivity index (χ0v) is 29.3. The predicted octanol–water partition coefficient (Wildman–Crippen LogP) is 11.3. The SMILES string of the molecule is CC12C=CC3=CC=CC4C=CC(=C(c5cc(-c6ccccn6)cc(-c6ccccn6)c5)C=C1c1cc(-c5ccccn5)cc(-c5ccccn5)c1)C2C34. The van der Waals surface area contributed by atoms with Crippen molar-refractivity contribution < 1.29 is 0 Å². The maximum atomic E-state index is 4.79. The third-order valence-corrected chi connectivity index (χ3v) is 11.4. The van der Waals surface area contributed by atoms with Crippen LogP contribution in [-0.4, -0.2) is 19.9 Å². The molecule has 4 nitrogen and oxygen atoms in total. The van der Waals surface area contributed by atoms with Crippen LogP contribution in [0, 0.1) is 23.2 Å². The summed E-state index contributed by atoms with van der Waals surface area (Å²) in [4.78, 5) is 19.2. The third kappa shape index (κ3) is 5.37. The van der Waals surface area contributed by atoms with E-state index >= 15 is 0 Å². The smallest absolute Gasteiger partial charge is 0.0702 e. The van der Waals surface area contributed by atoms with Crippen molar-refractivity contribution in [2.75, 3.05) is 0 Å². The first-order valence-electron chi connectivity index (χ1n) is 18.3. The van der Waals surface area contributed by atoms with E-state index in [2.05, 4.69) is 140 Å². The summed E-state index contributed by atoms with van der Waals surface area (Å²) in [5.74, 6) is 0.890. The van der Waals surface area contributed by atoms with Crippen molar-refractivity contribution >= 4 is 11.1 Å². The summed E-state index contributed by atoms with van der Waals surface area (Å²) in [5.41, 5.74) is 15.4. The summed E-state index contributed by atoms with van der Waals surface area (Å²) in [6.45, 7) is 2.44. The number of nitrogens with zero attached hydrogens (tertiary/aromatic N) is 4. The van der Waals surface area contributed by atoms with Gasteiger partial charge in [-0.25, -0.2) is 0 Å². The quantitative estimate of drug-likeness (QED) is 0.176. The molecule has 0 saturated carbocycles. The maximum Gasteiger partial charge on any atom is 0.0702 e. The molecule has 0 radical (unpaired) electrons. The van der Waals surface area contributed by atoms with E-state index in [0.717, 1.165) is 50.6 Å². The number of pyridine rings is 4. The zero-order valence-electron chi connectivity index (χ0n) is 29.3. The van der Waals surface area contributed by atoms with E-state index in [1.165, 1.54) is 27.9 Å². The molecule has 10 rings (SSSR count). The minimum absolute atomic E-state index is 0.224. The molecule has 4 aliphatic rings. The van der Waals surface area contributed by atoms with Gasteiger partial charge in [0.2, 0.25) is 0 Å². The zero-order chi connectivity index (χ0) is 35.4. The van der Waals surface area contributed by atoms with Crippen LogP contribution in [0.15, 0.2) is 194 Å². The van der Waals surface area contributed by atoms with Gasteiger partial charge in [0.05, 0.1) is 22.8 Å². The molecule has 4 heteroatoms. The molecule has 252 valence electrons. The van der Waals surface area contributed by atoms with Crippen LogP contribution in [0.25, 0.3) is 56.2 Å². The average Bonchev–Trinajstić information content (AvgIpc) is 3.23. The van der Waals surface area contributed by atoms with Crippen LogP contribution >= 0.6 is 0 Å². The Morgan fingerprint density at radius 2 is 1.02 bits per heavy atom. The highest BCUT2D eigenvalue weighted by Gasteiger charge is 2.51. The Balaban J connectivity index is 1.26. The molecule has 4 aromatic heterocycles. The molecule has 2 aromatic carbocycles. The molecule has 0 amide bonds. The molecule has 0 spiro atoms. The largest absolute Gasteiger partial charge is 0.256 e. The first kappa shape index (κ1) is 31.2. The summed E-state index contributed by atoms with van der Waals surface area (Å²) >= 11 is 0. The molecule has 0 aliphatic heterocycles. The fourth-order valence-corrected chi connectivity index (χ4v) is 8.93. The van der Waals surface area contributed by atoms with Crippen molar-refractivity contribution in [3.8, 4) is 45.0 Å². The minimum Gasteiger partial charge on any atom is -0.256 e. The van der Waals surface area contributed by atoms with Crippen molar-refractivity contribution in [2.24, 2.45) is 23.2 Å². The molecular weight excluding hydrogens is 645 g/mol. The van der Waals surface area contributed by atoms with E-state index in [9.17, 15) is 0 Å². The van der Waals surface area contributed by atoms with Gasteiger partial charge in [-0.15, -0.1) is 0 Å². The van der Waals surface area contributed by atoms with Gasteiger partial charge in [-0.1, -0.05) is 73.7 Å². The van der Waals surface area contributed by atoms with Crippen LogP contribution in [0.3, 0.4) is 0 Å². The van der Waals surface area contributed by atoms with Crippen LogP contribution in [0.5, 0.6) is 0 Å². The van der Waals surface area contributed by atoms with Gasteiger partial charge in [0, 0.05) is 70.2 Å². The Labute approximate surface area is 310 Å². The molecule has 6 aromatic rings. The van der Waals surface area contributed by atoms with Gasteiger partial charge in [-0.05, 0) is 124 Å². The first-order chi connectivity index (χ1) is 26.1. The lowest BCUT2D eigenvalue weighted by Crippen LogP contribution is -2.43. The minimum atomic E-state index is -0.276. The van der Waals surface area contributed by atoms with E-state index in [4.69, 9.17) is 19.9 Å². The van der Waals surface area contributed by atoms with Gasteiger partial charge < -0.3 is 0 Å². The van der Waals surface area contributed by atoms with Gasteiger partial charge in [-0.3, -0.25) is 19.9 Å². The van der Waals surface area contributed by atoms with Crippen LogP contribution < -0.4 is 0 Å². The highest BCUT2D eigenvalue weighted by atomic mass is 14.7. The molecule has 4 heterocycles. The molecule has 53 heavy (non-hydrogen) atoms. The van der Waals surface area contributed by atoms with Crippen LogP contribution in [0.4, 0.5) is 0 Å². The van der Waals surface area contributed by atoms with Crippen molar-refractivity contribution in [1.82, 2.24) is 19.9 Å². The highest BCUT2D eigenvalue weighted by molar-refractivity contribution is 5.96. The second kappa shape index (κ2) is 12.6. The fourth-order valence-electron chi connectivity index (χ4n) is 8.93. The summed E-state index contributed by atoms with van der Waals surface area (Å²) in [6.07, 6.45) is 26.5. The third-order valence-electron chi connectivity index (χ3n) is 11.4. The molecule has 0 N–H and O–H groups in total. The summed E-state index contributed by atoms with van der Waals surface area (Å²) in [7, 11) is 0. The lowest BCUT2D eigenvalue weighted by atomic mass is 9.50. The van der Waals surface area contributed by atoms with Gasteiger partial charge in [0.15, 0.2) is 0 Å². The van der Waals surface area contributed by atoms with E-state index in [0.29, 0.717) is 11.8 Å². The van der Waals surface area contributed by atoms with Gasteiger partial charge >= 0.3 is 0 Å². The monoisotopic (exact) mass is 680 g/mol. The van der Waals surface area contributed by atoms with E-state index in [-0.39, 0.29) is 11.3 Å². The summed E-state index contributed by atoms with van der Waals surface area (Å²) in [5, 5.41) is 0. The maximum absolute atomic E-state index is 4.79. The van der Waals surface area contributed by atoms with Crippen molar-refractivity contribution in [1.29, 1.82) is 0 Å². The number of allylic oxidation sites excluding steroid dienone is 12. The number of aromatic nitrogens is 4.